The maximum atomic E-state index is 13.2. The SMILES string of the molecule is CCCCCOC[C@]12C[C@H]3[C@@H](C)CC[C@@H]3[C@]3(C=O)C[C@H]1C=C(C(C)C)[C@]23C(=O)O. The van der Waals surface area contributed by atoms with Crippen LogP contribution >= 0.6 is 0 Å². The second-order valence-electron chi connectivity index (χ2n) is 10.7. The minimum atomic E-state index is -1.09. The van der Waals surface area contributed by atoms with Gasteiger partial charge in [0.1, 0.15) is 11.7 Å². The van der Waals surface area contributed by atoms with Crippen LogP contribution in [0.3, 0.4) is 0 Å². The minimum Gasteiger partial charge on any atom is -0.481 e. The predicted molar refractivity (Wildman–Crippen MR) is 112 cm³/mol. The second-order valence-corrected chi connectivity index (χ2v) is 10.7. The quantitative estimate of drug-likeness (QED) is 0.330. The van der Waals surface area contributed by atoms with Gasteiger partial charge in [-0.2, -0.15) is 0 Å². The van der Waals surface area contributed by atoms with Crippen LogP contribution in [0.2, 0.25) is 0 Å². The Morgan fingerprint density at radius 1 is 1.31 bits per heavy atom. The number of rotatable bonds is 9. The Bertz CT molecular complexity index is 712. The molecule has 0 aromatic rings. The number of carbonyl (C=O) groups excluding carboxylic acids is 1. The number of allylic oxidation sites excluding steroid dienone is 1. The van der Waals surface area contributed by atoms with Crippen LogP contribution in [0.4, 0.5) is 0 Å². The zero-order chi connectivity index (χ0) is 21.0. The molecule has 29 heavy (non-hydrogen) atoms. The lowest BCUT2D eigenvalue weighted by atomic mass is 9.43. The van der Waals surface area contributed by atoms with Crippen molar-refractivity contribution in [3.63, 3.8) is 0 Å². The van der Waals surface area contributed by atoms with E-state index in [1.54, 1.807) is 0 Å². The zero-order valence-electron chi connectivity index (χ0n) is 18.6. The maximum absolute atomic E-state index is 13.2. The van der Waals surface area contributed by atoms with Gasteiger partial charge >= 0.3 is 5.97 Å². The first-order valence-electron chi connectivity index (χ1n) is 11.8. The first kappa shape index (κ1) is 21.1. The largest absolute Gasteiger partial charge is 0.481 e. The van der Waals surface area contributed by atoms with Crippen LogP contribution in [0.1, 0.15) is 72.6 Å². The molecule has 4 aliphatic carbocycles. The van der Waals surface area contributed by atoms with Gasteiger partial charge < -0.3 is 14.6 Å². The molecule has 4 rings (SSSR count). The van der Waals surface area contributed by atoms with Gasteiger partial charge in [0, 0.05) is 12.0 Å². The van der Waals surface area contributed by atoms with Crippen molar-refractivity contribution in [3.8, 4) is 0 Å². The average Bonchev–Trinajstić information content (AvgIpc) is 3.25. The van der Waals surface area contributed by atoms with Crippen molar-refractivity contribution >= 4 is 12.3 Å². The highest BCUT2D eigenvalue weighted by Gasteiger charge is 2.84. The lowest BCUT2D eigenvalue weighted by Gasteiger charge is -2.58. The summed E-state index contributed by atoms with van der Waals surface area (Å²) < 4.78 is 6.24. The summed E-state index contributed by atoms with van der Waals surface area (Å²) in [6.45, 7) is 9.83. The van der Waals surface area contributed by atoms with E-state index in [0.29, 0.717) is 31.5 Å². The maximum Gasteiger partial charge on any atom is 0.315 e. The summed E-state index contributed by atoms with van der Waals surface area (Å²) in [6.07, 6.45) is 10.3. The normalized spacial score (nSPS) is 44.8. The van der Waals surface area contributed by atoms with E-state index in [2.05, 4.69) is 33.8 Å². The van der Waals surface area contributed by atoms with E-state index in [-0.39, 0.29) is 17.8 Å². The lowest BCUT2D eigenvalue weighted by molar-refractivity contribution is -0.186. The Labute approximate surface area is 175 Å². The second kappa shape index (κ2) is 7.21. The molecule has 0 aromatic carbocycles. The number of hydrogen-bond donors (Lipinski definition) is 1. The number of carboxylic acids is 1. The summed E-state index contributed by atoms with van der Waals surface area (Å²) in [5.74, 6) is 0.698. The average molecular weight is 403 g/mol. The Balaban J connectivity index is 1.82. The highest BCUT2D eigenvalue weighted by Crippen LogP contribution is 2.82. The summed E-state index contributed by atoms with van der Waals surface area (Å²) in [5, 5.41) is 10.8. The molecule has 0 aliphatic heterocycles. The molecule has 3 saturated carbocycles. The number of aliphatic carboxylic acids is 1. The van der Waals surface area contributed by atoms with Gasteiger partial charge in [-0.1, -0.05) is 58.6 Å². The van der Waals surface area contributed by atoms with Crippen LogP contribution in [-0.4, -0.2) is 30.6 Å². The third-order valence-corrected chi connectivity index (χ3v) is 9.37. The Morgan fingerprint density at radius 2 is 2.07 bits per heavy atom. The standard InChI is InChI=1S/C25H38O4/c1-5-6-7-10-29-15-24-13-19-17(4)8-9-20(19)23(14-26)12-18(24)11-21(16(2)3)25(23,24)22(27)28/h11,14,16-20H,5-10,12-13,15H2,1-4H3,(H,27,28)/t17-,18+,19-,20-,23+,24+,25+/m0/s1. The van der Waals surface area contributed by atoms with Crippen molar-refractivity contribution in [2.75, 3.05) is 13.2 Å². The monoisotopic (exact) mass is 402 g/mol. The highest BCUT2D eigenvalue weighted by molar-refractivity contribution is 5.90. The van der Waals surface area contributed by atoms with Crippen molar-refractivity contribution in [1.82, 2.24) is 0 Å². The first-order chi connectivity index (χ1) is 13.8. The molecular weight excluding hydrogens is 364 g/mol. The molecule has 0 aromatic heterocycles. The van der Waals surface area contributed by atoms with E-state index >= 15 is 0 Å². The molecule has 7 atom stereocenters. The van der Waals surface area contributed by atoms with Crippen LogP contribution in [0.15, 0.2) is 11.6 Å². The summed E-state index contributed by atoms with van der Waals surface area (Å²) in [5.41, 5.74) is -1.32. The van der Waals surface area contributed by atoms with Gasteiger partial charge in [0.2, 0.25) is 0 Å². The molecule has 0 amide bonds. The third kappa shape index (κ3) is 2.41. The number of fused-ring (bicyclic) bond motifs is 2. The molecule has 3 fully saturated rings. The predicted octanol–water partition coefficient (Wildman–Crippen LogP) is 5.12. The van der Waals surface area contributed by atoms with Crippen LogP contribution in [0, 0.1) is 45.8 Å². The van der Waals surface area contributed by atoms with E-state index in [1.165, 1.54) is 0 Å². The van der Waals surface area contributed by atoms with E-state index in [1.807, 2.05) is 0 Å². The Hall–Kier alpha value is -1.16. The smallest absolute Gasteiger partial charge is 0.315 e. The molecule has 0 saturated heterocycles. The van der Waals surface area contributed by atoms with Crippen LogP contribution < -0.4 is 0 Å². The summed E-state index contributed by atoms with van der Waals surface area (Å²) in [6, 6.07) is 0. The van der Waals surface area contributed by atoms with Gasteiger partial charge in [-0.25, -0.2) is 0 Å². The van der Waals surface area contributed by atoms with Crippen molar-refractivity contribution in [2.24, 2.45) is 45.8 Å². The van der Waals surface area contributed by atoms with Gasteiger partial charge in [0.15, 0.2) is 0 Å². The van der Waals surface area contributed by atoms with E-state index in [9.17, 15) is 14.7 Å². The van der Waals surface area contributed by atoms with E-state index in [4.69, 9.17) is 4.74 Å². The number of aldehydes is 1. The first-order valence-corrected chi connectivity index (χ1v) is 11.8. The number of carbonyl (C=O) groups is 2. The third-order valence-electron chi connectivity index (χ3n) is 9.37. The van der Waals surface area contributed by atoms with Gasteiger partial charge in [-0.05, 0) is 55.3 Å². The topological polar surface area (TPSA) is 63.6 Å². The summed E-state index contributed by atoms with van der Waals surface area (Å²) in [7, 11) is 0. The summed E-state index contributed by atoms with van der Waals surface area (Å²) in [4.78, 5) is 26.1. The fourth-order valence-electron chi connectivity index (χ4n) is 8.34. The molecule has 0 heterocycles. The number of carboxylic acid groups (broad SMARTS) is 1. The number of ether oxygens (including phenoxy) is 1. The lowest BCUT2D eigenvalue weighted by Crippen LogP contribution is -2.63. The number of hydrogen-bond acceptors (Lipinski definition) is 3. The fraction of sp³-hybridized carbons (Fsp3) is 0.840. The van der Waals surface area contributed by atoms with Crippen LogP contribution in [0.25, 0.3) is 0 Å². The van der Waals surface area contributed by atoms with Crippen molar-refractivity contribution in [1.29, 1.82) is 0 Å². The van der Waals surface area contributed by atoms with Crippen molar-refractivity contribution in [3.05, 3.63) is 11.6 Å². The molecule has 4 heteroatoms. The van der Waals surface area contributed by atoms with Crippen LogP contribution in [0.5, 0.6) is 0 Å². The minimum absolute atomic E-state index is 0.130. The Morgan fingerprint density at radius 3 is 2.69 bits per heavy atom. The van der Waals surface area contributed by atoms with Gasteiger partial charge in [0.25, 0.3) is 0 Å². The van der Waals surface area contributed by atoms with Gasteiger partial charge in [-0.15, -0.1) is 0 Å². The molecule has 4 bridgehead atoms. The molecule has 4 aliphatic rings. The van der Waals surface area contributed by atoms with Crippen molar-refractivity contribution < 1.29 is 19.4 Å². The summed E-state index contributed by atoms with van der Waals surface area (Å²) >= 11 is 0. The van der Waals surface area contributed by atoms with E-state index < -0.39 is 22.2 Å². The van der Waals surface area contributed by atoms with Crippen LogP contribution in [-0.2, 0) is 14.3 Å². The molecule has 0 unspecified atom stereocenters. The molecule has 4 nitrogen and oxygen atoms in total. The Kier molecular flexibility index (Phi) is 5.25. The molecule has 162 valence electrons. The molecule has 0 radical (unpaired) electrons. The van der Waals surface area contributed by atoms with Gasteiger partial charge in [-0.3, -0.25) is 4.79 Å². The molecule has 1 N–H and O–H groups in total. The molecule has 0 spiro atoms. The molecular formula is C25H38O4. The fourth-order valence-corrected chi connectivity index (χ4v) is 8.34. The van der Waals surface area contributed by atoms with Crippen molar-refractivity contribution in [2.45, 2.75) is 72.6 Å². The van der Waals surface area contributed by atoms with E-state index in [0.717, 1.165) is 50.4 Å². The highest BCUT2D eigenvalue weighted by atomic mass is 16.5. The van der Waals surface area contributed by atoms with Gasteiger partial charge in [0.05, 0.1) is 12.0 Å². The zero-order valence-corrected chi connectivity index (χ0v) is 18.6. The number of unbranched alkanes of at least 4 members (excludes halogenated alkanes) is 2.